The number of hydrogen-bond donors (Lipinski definition) is 3. The number of aromatic hydroxyl groups is 1. The lowest BCUT2D eigenvalue weighted by atomic mass is 9.81. The molecule has 1 fully saturated rings. The molecule has 1 aliphatic heterocycles. The van der Waals surface area contributed by atoms with E-state index < -0.39 is 0 Å². The van der Waals surface area contributed by atoms with Crippen molar-refractivity contribution in [2.45, 2.75) is 51.4 Å². The molecule has 0 saturated carbocycles. The average molecular weight is 431 g/mol. The van der Waals surface area contributed by atoms with Crippen LogP contribution in [-0.2, 0) is 9.59 Å². The predicted molar refractivity (Wildman–Crippen MR) is 124 cm³/mol. The second-order valence-corrected chi connectivity index (χ2v) is 8.45. The van der Waals surface area contributed by atoms with Crippen LogP contribution in [0.1, 0.15) is 56.9 Å². The third-order valence-corrected chi connectivity index (χ3v) is 6.08. The fourth-order valence-electron chi connectivity index (χ4n) is 4.32. The lowest BCUT2D eigenvalue weighted by Gasteiger charge is -2.30. The van der Waals surface area contributed by atoms with E-state index in [0.29, 0.717) is 18.1 Å². The van der Waals surface area contributed by atoms with Crippen molar-refractivity contribution < 1.29 is 19.4 Å². The quantitative estimate of drug-likeness (QED) is 0.237. The molecule has 0 aliphatic carbocycles. The molecule has 0 amide bonds. The molecule has 1 atom stereocenters. The predicted octanol–water partition coefficient (Wildman–Crippen LogP) is 3.73. The number of unbranched alkanes of at least 4 members (excludes halogenated alkanes) is 2. The minimum absolute atomic E-state index is 0.00284. The number of hydrogen-bond acceptors (Lipinski definition) is 6. The summed E-state index contributed by atoms with van der Waals surface area (Å²) in [5, 5.41) is 16.4. The Labute approximate surface area is 186 Å². The highest BCUT2D eigenvalue weighted by molar-refractivity contribution is 6.06. The van der Waals surface area contributed by atoms with Gasteiger partial charge in [-0.2, -0.15) is 0 Å². The van der Waals surface area contributed by atoms with E-state index in [4.69, 9.17) is 4.74 Å². The van der Waals surface area contributed by atoms with Crippen LogP contribution in [-0.4, -0.2) is 50.5 Å². The molecule has 31 heavy (non-hydrogen) atoms. The van der Waals surface area contributed by atoms with Crippen LogP contribution in [0, 0.1) is 11.8 Å². The summed E-state index contributed by atoms with van der Waals surface area (Å²) in [5.41, 5.74) is 0.736. The Hall–Kier alpha value is -2.18. The van der Waals surface area contributed by atoms with Gasteiger partial charge in [-0.25, -0.2) is 0 Å². The number of phenols is 1. The number of methoxy groups -OCH3 is 1. The topological polar surface area (TPSA) is 87.7 Å². The molecule has 1 saturated heterocycles. The van der Waals surface area contributed by atoms with E-state index in [0.717, 1.165) is 50.4 Å². The molecular weight excluding hydrogens is 392 g/mol. The first-order chi connectivity index (χ1) is 15.0. The Balaban J connectivity index is 1.65. The summed E-state index contributed by atoms with van der Waals surface area (Å²) in [6, 6.07) is 4.85. The first kappa shape index (κ1) is 25.1. The molecular formula is C25H38N2O4. The number of nitrogens with one attached hydrogen (secondary N) is 2. The van der Waals surface area contributed by atoms with Gasteiger partial charge in [0.1, 0.15) is 5.78 Å². The fourth-order valence-corrected chi connectivity index (χ4v) is 4.32. The fraction of sp³-hybridized carbons (Fsp3) is 0.600. The maximum absolute atomic E-state index is 12.1. The number of allylic oxidation sites excluding steroid dienone is 1. The Morgan fingerprint density at radius 3 is 2.74 bits per heavy atom. The van der Waals surface area contributed by atoms with Gasteiger partial charge >= 0.3 is 0 Å². The minimum atomic E-state index is -0.197. The van der Waals surface area contributed by atoms with E-state index in [9.17, 15) is 14.7 Å². The number of benzene rings is 1. The molecule has 0 spiro atoms. The molecule has 2 rings (SSSR count). The van der Waals surface area contributed by atoms with E-state index in [1.807, 2.05) is 7.05 Å². The zero-order chi connectivity index (χ0) is 22.5. The number of carbonyl (C=O) groups excluding carboxylic acids is 2. The van der Waals surface area contributed by atoms with Gasteiger partial charge in [-0.3, -0.25) is 9.59 Å². The Kier molecular flexibility index (Phi) is 11.3. The van der Waals surface area contributed by atoms with Crippen molar-refractivity contribution in [1.29, 1.82) is 0 Å². The molecule has 0 bridgehead atoms. The van der Waals surface area contributed by atoms with Crippen LogP contribution in [0.4, 0.5) is 0 Å². The number of carbonyl (C=O) groups is 2. The SMILES string of the molecule is CNCC(CCCCCC(=O)CC(=O)C=Cc1ccc(O)c(OC)c1)C1CCNCC1. The third kappa shape index (κ3) is 9.23. The number of ether oxygens (including phenoxy) is 1. The molecule has 1 aliphatic rings. The van der Waals surface area contributed by atoms with Crippen molar-refractivity contribution in [3.63, 3.8) is 0 Å². The molecule has 6 heteroatoms. The number of Topliss-reactive ketones (excluding diaryl/α,β-unsaturated/α-hetero) is 1. The van der Waals surface area contributed by atoms with Crippen molar-refractivity contribution in [3.05, 3.63) is 29.8 Å². The zero-order valence-electron chi connectivity index (χ0n) is 19.0. The highest BCUT2D eigenvalue weighted by Gasteiger charge is 2.22. The lowest BCUT2D eigenvalue weighted by molar-refractivity contribution is -0.124. The number of rotatable bonds is 14. The van der Waals surface area contributed by atoms with Crippen LogP contribution in [0.3, 0.4) is 0 Å². The van der Waals surface area contributed by atoms with Gasteiger partial charge in [0.15, 0.2) is 17.3 Å². The monoisotopic (exact) mass is 430 g/mol. The summed E-state index contributed by atoms with van der Waals surface area (Å²) in [4.78, 5) is 24.2. The Morgan fingerprint density at radius 2 is 2.03 bits per heavy atom. The first-order valence-corrected chi connectivity index (χ1v) is 11.5. The van der Waals surface area contributed by atoms with Gasteiger partial charge in [0.2, 0.25) is 0 Å². The van der Waals surface area contributed by atoms with Gasteiger partial charge in [-0.05, 0) is 88.0 Å². The number of ketones is 2. The minimum Gasteiger partial charge on any atom is -0.504 e. The second kappa shape index (κ2) is 14.0. The molecule has 1 aromatic rings. The Morgan fingerprint density at radius 1 is 1.26 bits per heavy atom. The lowest BCUT2D eigenvalue weighted by Crippen LogP contribution is -2.35. The molecule has 172 valence electrons. The highest BCUT2D eigenvalue weighted by atomic mass is 16.5. The van der Waals surface area contributed by atoms with Crippen LogP contribution < -0.4 is 15.4 Å². The molecule has 0 aromatic heterocycles. The van der Waals surface area contributed by atoms with Crippen molar-refractivity contribution >= 4 is 17.6 Å². The Bertz CT molecular complexity index is 726. The van der Waals surface area contributed by atoms with Crippen LogP contribution in [0.2, 0.25) is 0 Å². The van der Waals surface area contributed by atoms with Crippen LogP contribution >= 0.6 is 0 Å². The van der Waals surface area contributed by atoms with Gasteiger partial charge < -0.3 is 20.5 Å². The van der Waals surface area contributed by atoms with E-state index >= 15 is 0 Å². The summed E-state index contributed by atoms with van der Waals surface area (Å²) in [6.07, 6.45) is 10.2. The maximum atomic E-state index is 12.1. The van der Waals surface area contributed by atoms with Gasteiger partial charge in [0, 0.05) is 6.42 Å². The van der Waals surface area contributed by atoms with Crippen molar-refractivity contribution in [1.82, 2.24) is 10.6 Å². The standard InChI is InChI=1S/C25H38N2O4/c1-26-18-21(20-12-14-27-15-13-20)6-4-3-5-7-22(28)17-23(29)10-8-19-9-11-24(30)25(16-19)31-2/h8-11,16,20-21,26-27,30H,3-7,12-15,17-18H2,1-2H3. The van der Waals surface area contributed by atoms with Gasteiger partial charge in [-0.15, -0.1) is 0 Å². The smallest absolute Gasteiger partial charge is 0.163 e. The van der Waals surface area contributed by atoms with Crippen LogP contribution in [0.15, 0.2) is 24.3 Å². The molecule has 1 unspecified atom stereocenters. The summed E-state index contributed by atoms with van der Waals surface area (Å²) in [5.74, 6) is 1.72. The van der Waals surface area contributed by atoms with E-state index in [2.05, 4.69) is 10.6 Å². The largest absolute Gasteiger partial charge is 0.504 e. The highest BCUT2D eigenvalue weighted by Crippen LogP contribution is 2.27. The van der Waals surface area contributed by atoms with Crippen molar-refractivity contribution in [3.8, 4) is 11.5 Å². The molecule has 6 nitrogen and oxygen atoms in total. The van der Waals surface area contributed by atoms with Crippen molar-refractivity contribution in [2.24, 2.45) is 11.8 Å². The second-order valence-electron chi connectivity index (χ2n) is 8.45. The van der Waals surface area contributed by atoms with Gasteiger partial charge in [0.05, 0.1) is 13.5 Å². The number of piperidine rings is 1. The number of phenolic OH excluding ortho intramolecular Hbond substituents is 1. The summed E-state index contributed by atoms with van der Waals surface area (Å²) >= 11 is 0. The molecule has 3 N–H and O–H groups in total. The summed E-state index contributed by atoms with van der Waals surface area (Å²) in [7, 11) is 3.50. The third-order valence-electron chi connectivity index (χ3n) is 6.08. The summed E-state index contributed by atoms with van der Waals surface area (Å²) < 4.78 is 5.05. The normalized spacial score (nSPS) is 15.8. The van der Waals surface area contributed by atoms with E-state index in [-0.39, 0.29) is 23.7 Å². The van der Waals surface area contributed by atoms with Crippen LogP contribution in [0.5, 0.6) is 11.5 Å². The summed E-state index contributed by atoms with van der Waals surface area (Å²) in [6.45, 7) is 3.32. The van der Waals surface area contributed by atoms with Crippen molar-refractivity contribution in [2.75, 3.05) is 33.8 Å². The average Bonchev–Trinajstić information content (AvgIpc) is 2.78. The molecule has 1 aromatic carbocycles. The maximum Gasteiger partial charge on any atom is 0.163 e. The molecule has 0 radical (unpaired) electrons. The van der Waals surface area contributed by atoms with E-state index in [1.54, 1.807) is 18.2 Å². The van der Waals surface area contributed by atoms with Gasteiger partial charge in [-0.1, -0.05) is 25.0 Å². The zero-order valence-corrected chi connectivity index (χ0v) is 19.0. The van der Waals surface area contributed by atoms with E-state index in [1.165, 1.54) is 38.5 Å². The van der Waals surface area contributed by atoms with Gasteiger partial charge in [0.25, 0.3) is 0 Å². The van der Waals surface area contributed by atoms with Crippen LogP contribution in [0.25, 0.3) is 6.08 Å². The molecule has 1 heterocycles. The first-order valence-electron chi connectivity index (χ1n) is 11.5.